The van der Waals surface area contributed by atoms with Gasteiger partial charge in [0.15, 0.2) is 0 Å². The molecule has 0 radical (unpaired) electrons. The van der Waals surface area contributed by atoms with Crippen LogP contribution in [0.3, 0.4) is 0 Å². The van der Waals surface area contributed by atoms with E-state index >= 15 is 0 Å². The molecule has 2 amide bonds. The second-order valence-electron chi connectivity index (χ2n) is 5.15. The zero-order valence-electron chi connectivity index (χ0n) is 13.4. The molecule has 0 spiro atoms. The molecule has 5 heteroatoms. The van der Waals surface area contributed by atoms with Crippen LogP contribution >= 0.6 is 0 Å². The number of carbonyl (C=O) groups excluding carboxylic acids is 1. The van der Waals surface area contributed by atoms with Crippen LogP contribution in [0.4, 0.5) is 4.79 Å². The van der Waals surface area contributed by atoms with Gasteiger partial charge in [0.05, 0.1) is 19.3 Å². The third-order valence-corrected chi connectivity index (χ3v) is 3.26. The zero-order valence-corrected chi connectivity index (χ0v) is 13.4. The third kappa shape index (κ3) is 6.14. The number of methoxy groups -OCH3 is 2. The van der Waals surface area contributed by atoms with Crippen LogP contribution in [0.15, 0.2) is 24.3 Å². The number of urea groups is 1. The van der Waals surface area contributed by atoms with Crippen LogP contribution in [0.25, 0.3) is 0 Å². The van der Waals surface area contributed by atoms with E-state index in [0.29, 0.717) is 26.3 Å². The summed E-state index contributed by atoms with van der Waals surface area (Å²) in [6.45, 7) is 6.10. The lowest BCUT2D eigenvalue weighted by molar-refractivity contribution is 0.136. The summed E-state index contributed by atoms with van der Waals surface area (Å²) < 4.78 is 10.1. The smallest absolute Gasteiger partial charge is 0.318 e. The number of aryl methyl sites for hydroxylation is 1. The molecule has 1 aromatic carbocycles. The Hall–Kier alpha value is -1.59. The lowest BCUT2D eigenvalue weighted by atomic mass is 10.1. The van der Waals surface area contributed by atoms with Crippen molar-refractivity contribution in [1.29, 1.82) is 0 Å². The first-order chi connectivity index (χ1) is 10.1. The van der Waals surface area contributed by atoms with Gasteiger partial charge in [0.1, 0.15) is 0 Å². The van der Waals surface area contributed by atoms with Crippen molar-refractivity contribution in [3.05, 3.63) is 35.4 Å². The summed E-state index contributed by atoms with van der Waals surface area (Å²) in [4.78, 5) is 14.1. The molecule has 0 fully saturated rings. The van der Waals surface area contributed by atoms with Gasteiger partial charge in [-0.05, 0) is 25.0 Å². The maximum atomic E-state index is 12.4. The van der Waals surface area contributed by atoms with Crippen LogP contribution in [-0.4, -0.2) is 51.0 Å². The molecule has 0 heterocycles. The summed E-state index contributed by atoms with van der Waals surface area (Å²) >= 11 is 0. The normalized spacial score (nSPS) is 12.0. The Morgan fingerprint density at radius 3 is 2.62 bits per heavy atom. The number of benzene rings is 1. The van der Waals surface area contributed by atoms with Gasteiger partial charge < -0.3 is 19.7 Å². The van der Waals surface area contributed by atoms with Gasteiger partial charge in [-0.2, -0.15) is 0 Å². The predicted octanol–water partition coefficient (Wildman–Crippen LogP) is 2.19. The van der Waals surface area contributed by atoms with E-state index in [1.165, 1.54) is 5.56 Å². The molecule has 0 aliphatic heterocycles. The first-order valence-electron chi connectivity index (χ1n) is 7.16. The Morgan fingerprint density at radius 2 is 2.00 bits per heavy atom. The van der Waals surface area contributed by atoms with E-state index in [1.54, 1.807) is 19.1 Å². The topological polar surface area (TPSA) is 50.8 Å². The van der Waals surface area contributed by atoms with Crippen molar-refractivity contribution in [2.75, 3.05) is 34.0 Å². The number of nitrogens with one attached hydrogen (secondary N) is 1. The molecule has 5 nitrogen and oxygen atoms in total. The van der Waals surface area contributed by atoms with Gasteiger partial charge in [-0.3, -0.25) is 0 Å². The molecule has 1 atom stereocenters. The number of hydrogen-bond acceptors (Lipinski definition) is 3. The minimum Gasteiger partial charge on any atom is -0.383 e. The Morgan fingerprint density at radius 1 is 1.29 bits per heavy atom. The number of carbonyl (C=O) groups is 1. The van der Waals surface area contributed by atoms with Gasteiger partial charge in [-0.25, -0.2) is 4.79 Å². The fraction of sp³-hybridized carbons (Fsp3) is 0.562. The van der Waals surface area contributed by atoms with Crippen LogP contribution in [-0.2, 0) is 16.0 Å². The summed E-state index contributed by atoms with van der Waals surface area (Å²) in [6, 6.07) is 7.96. The Bertz CT molecular complexity index is 437. The van der Waals surface area contributed by atoms with Crippen LogP contribution in [0.1, 0.15) is 18.1 Å². The molecule has 21 heavy (non-hydrogen) atoms. The average Bonchev–Trinajstić information content (AvgIpc) is 2.45. The highest BCUT2D eigenvalue weighted by atomic mass is 16.5. The highest BCUT2D eigenvalue weighted by molar-refractivity contribution is 5.74. The summed E-state index contributed by atoms with van der Waals surface area (Å²) in [7, 11) is 3.26. The van der Waals surface area contributed by atoms with Crippen molar-refractivity contribution in [3.8, 4) is 0 Å². The highest BCUT2D eigenvalue weighted by Crippen LogP contribution is 2.10. The lowest BCUT2D eigenvalue weighted by Gasteiger charge is -2.25. The first kappa shape index (κ1) is 17.5. The van der Waals surface area contributed by atoms with Gasteiger partial charge in [0.25, 0.3) is 0 Å². The minimum absolute atomic E-state index is 0.0237. The van der Waals surface area contributed by atoms with E-state index in [2.05, 4.69) is 18.3 Å². The molecule has 1 aromatic rings. The van der Waals surface area contributed by atoms with Crippen molar-refractivity contribution in [1.82, 2.24) is 10.2 Å². The van der Waals surface area contributed by atoms with Crippen LogP contribution in [0.2, 0.25) is 0 Å². The standard InChI is InChI=1S/C16H26N2O3/c1-13-7-5-6-8-15(13)11-18(9-10-20-3)16(19)17-14(2)12-21-4/h5-8,14H,9-12H2,1-4H3,(H,17,19)/t14-/m0/s1. The highest BCUT2D eigenvalue weighted by Gasteiger charge is 2.16. The SMILES string of the molecule is COCCN(Cc1ccccc1C)C(=O)N[C@@H](C)COC. The minimum atomic E-state index is -0.0974. The second kappa shape index (κ2) is 9.37. The summed E-state index contributed by atoms with van der Waals surface area (Å²) in [6.07, 6.45) is 0. The largest absolute Gasteiger partial charge is 0.383 e. The van der Waals surface area contributed by atoms with E-state index in [4.69, 9.17) is 9.47 Å². The van der Waals surface area contributed by atoms with E-state index < -0.39 is 0 Å². The number of ether oxygens (including phenoxy) is 2. The quantitative estimate of drug-likeness (QED) is 0.799. The molecular weight excluding hydrogens is 268 g/mol. The van der Waals surface area contributed by atoms with Gasteiger partial charge >= 0.3 is 6.03 Å². The van der Waals surface area contributed by atoms with Crippen molar-refractivity contribution >= 4 is 6.03 Å². The molecule has 0 saturated carbocycles. The van der Waals surface area contributed by atoms with Crippen molar-refractivity contribution in [3.63, 3.8) is 0 Å². The molecule has 0 unspecified atom stereocenters. The van der Waals surface area contributed by atoms with Crippen molar-refractivity contribution in [2.24, 2.45) is 0 Å². The van der Waals surface area contributed by atoms with E-state index in [9.17, 15) is 4.79 Å². The molecular formula is C16H26N2O3. The molecule has 0 bridgehead atoms. The van der Waals surface area contributed by atoms with Crippen molar-refractivity contribution < 1.29 is 14.3 Å². The monoisotopic (exact) mass is 294 g/mol. The fourth-order valence-corrected chi connectivity index (χ4v) is 2.04. The first-order valence-corrected chi connectivity index (χ1v) is 7.16. The number of amides is 2. The maximum absolute atomic E-state index is 12.4. The van der Waals surface area contributed by atoms with Crippen LogP contribution in [0, 0.1) is 6.92 Å². The summed E-state index contributed by atoms with van der Waals surface area (Å²) in [5.74, 6) is 0. The number of hydrogen-bond donors (Lipinski definition) is 1. The summed E-state index contributed by atoms with van der Waals surface area (Å²) in [5.41, 5.74) is 2.32. The molecule has 0 aromatic heterocycles. The zero-order chi connectivity index (χ0) is 15.7. The number of rotatable bonds is 8. The second-order valence-corrected chi connectivity index (χ2v) is 5.15. The van der Waals surface area contributed by atoms with E-state index in [-0.39, 0.29) is 12.1 Å². The molecule has 0 saturated heterocycles. The van der Waals surface area contributed by atoms with Crippen molar-refractivity contribution in [2.45, 2.75) is 26.4 Å². The average molecular weight is 294 g/mol. The fourth-order valence-electron chi connectivity index (χ4n) is 2.04. The molecule has 0 aliphatic rings. The van der Waals surface area contributed by atoms with E-state index in [0.717, 1.165) is 5.56 Å². The van der Waals surface area contributed by atoms with E-state index in [1.807, 2.05) is 25.1 Å². The molecule has 1 N–H and O–H groups in total. The Kier molecular flexibility index (Phi) is 7.79. The van der Waals surface area contributed by atoms with Crippen LogP contribution < -0.4 is 5.32 Å². The van der Waals surface area contributed by atoms with Crippen LogP contribution in [0.5, 0.6) is 0 Å². The molecule has 1 rings (SSSR count). The maximum Gasteiger partial charge on any atom is 0.318 e. The van der Waals surface area contributed by atoms with Gasteiger partial charge in [0.2, 0.25) is 0 Å². The number of nitrogens with zero attached hydrogens (tertiary/aromatic N) is 1. The van der Waals surface area contributed by atoms with Gasteiger partial charge in [-0.1, -0.05) is 24.3 Å². The van der Waals surface area contributed by atoms with Gasteiger partial charge in [0, 0.05) is 27.3 Å². The lowest BCUT2D eigenvalue weighted by Crippen LogP contribution is -2.46. The third-order valence-electron chi connectivity index (χ3n) is 3.26. The Balaban J connectivity index is 2.70. The van der Waals surface area contributed by atoms with Gasteiger partial charge in [-0.15, -0.1) is 0 Å². The molecule has 118 valence electrons. The Labute approximate surface area is 127 Å². The molecule has 0 aliphatic carbocycles. The predicted molar refractivity (Wildman–Crippen MR) is 83.3 cm³/mol. The summed E-state index contributed by atoms with van der Waals surface area (Å²) in [5, 5.41) is 2.94.